The van der Waals surface area contributed by atoms with Crippen LogP contribution in [-0.4, -0.2) is 21.8 Å². The number of amides is 1. The molecule has 0 atom stereocenters. The van der Waals surface area contributed by atoms with Crippen LogP contribution in [0.1, 0.15) is 45.0 Å². The van der Waals surface area contributed by atoms with Gasteiger partial charge in [0.1, 0.15) is 6.54 Å². The maximum Gasteiger partial charge on any atom is 0.240 e. The summed E-state index contributed by atoms with van der Waals surface area (Å²) < 4.78 is 1.73. The number of hydrogen-bond donors (Lipinski definition) is 1. The first-order valence-electron chi connectivity index (χ1n) is 6.20. The van der Waals surface area contributed by atoms with E-state index in [0.717, 1.165) is 0 Å². The molecule has 1 rings (SSSR count). The van der Waals surface area contributed by atoms with Crippen molar-refractivity contribution in [2.45, 2.75) is 46.7 Å². The Morgan fingerprint density at radius 3 is 2.44 bits per heavy atom. The Kier molecular flexibility index (Phi) is 4.33. The topological polar surface area (TPSA) is 51.1 Å². The van der Waals surface area contributed by atoms with Crippen molar-refractivity contribution in [3.8, 4) is 0 Å². The minimum absolute atomic E-state index is 0.0238. The largest absolute Gasteiger partial charge is 0.350 e. The third-order valence-electron chi connectivity index (χ3n) is 2.40. The van der Waals surface area contributed by atoms with Gasteiger partial charge in [-0.15, -0.1) is 0 Å². The zero-order valence-electron chi connectivity index (χ0n) is 11.8. The van der Waals surface area contributed by atoms with E-state index in [1.165, 1.54) is 0 Å². The molecule has 4 nitrogen and oxygen atoms in total. The van der Waals surface area contributed by atoms with Crippen molar-refractivity contribution in [3.63, 3.8) is 0 Å². The van der Waals surface area contributed by atoms with Gasteiger partial charge < -0.3 is 9.88 Å². The number of carbonyl (C=O) groups excluding carboxylic acids is 2. The molecule has 1 amide bonds. The third-order valence-corrected chi connectivity index (χ3v) is 2.40. The summed E-state index contributed by atoms with van der Waals surface area (Å²) in [6, 6.07) is 1.76. The van der Waals surface area contributed by atoms with Crippen LogP contribution >= 0.6 is 0 Å². The van der Waals surface area contributed by atoms with E-state index < -0.39 is 0 Å². The molecule has 0 aliphatic heterocycles. The van der Waals surface area contributed by atoms with Crippen molar-refractivity contribution in [2.75, 3.05) is 0 Å². The zero-order valence-corrected chi connectivity index (χ0v) is 11.8. The van der Waals surface area contributed by atoms with E-state index in [2.05, 4.69) is 5.32 Å². The lowest BCUT2D eigenvalue weighted by molar-refractivity contribution is -0.123. The molecule has 0 aliphatic carbocycles. The van der Waals surface area contributed by atoms with Crippen molar-refractivity contribution in [1.82, 2.24) is 9.88 Å². The van der Waals surface area contributed by atoms with Crippen LogP contribution < -0.4 is 5.32 Å². The van der Waals surface area contributed by atoms with Crippen molar-refractivity contribution in [3.05, 3.63) is 24.0 Å². The summed E-state index contributed by atoms with van der Waals surface area (Å²) in [4.78, 5) is 23.5. The fraction of sp³-hybridized carbons (Fsp3) is 0.571. The van der Waals surface area contributed by atoms with Crippen molar-refractivity contribution in [1.29, 1.82) is 0 Å². The Balaban J connectivity index is 2.65. The first kappa shape index (κ1) is 14.5. The highest BCUT2D eigenvalue weighted by atomic mass is 16.2. The van der Waals surface area contributed by atoms with Crippen LogP contribution in [0.4, 0.5) is 0 Å². The molecule has 0 saturated heterocycles. The van der Waals surface area contributed by atoms with Crippen LogP contribution in [0, 0.1) is 5.92 Å². The van der Waals surface area contributed by atoms with E-state index in [1.807, 2.05) is 34.6 Å². The van der Waals surface area contributed by atoms with Crippen LogP contribution in [0.3, 0.4) is 0 Å². The number of carbonyl (C=O) groups is 2. The van der Waals surface area contributed by atoms with Gasteiger partial charge in [0.15, 0.2) is 5.78 Å². The predicted octanol–water partition coefficient (Wildman–Crippen LogP) is 2.24. The second kappa shape index (κ2) is 5.38. The molecule has 0 unspecified atom stereocenters. The SMILES string of the molecule is CC(C)C(=O)c1ccn(CC(=O)NC(C)(C)C)c1. The third kappa shape index (κ3) is 4.35. The second-order valence-electron chi connectivity index (χ2n) is 5.89. The summed E-state index contributed by atoms with van der Waals surface area (Å²) in [5.74, 6) is 0.0240. The molecule has 4 heteroatoms. The van der Waals surface area contributed by atoms with Gasteiger partial charge in [-0.3, -0.25) is 9.59 Å². The fourth-order valence-corrected chi connectivity index (χ4v) is 1.64. The molecular weight excluding hydrogens is 228 g/mol. The molecule has 0 fully saturated rings. The van der Waals surface area contributed by atoms with Gasteiger partial charge in [0.25, 0.3) is 0 Å². The normalized spacial score (nSPS) is 11.7. The van der Waals surface area contributed by atoms with E-state index in [1.54, 1.807) is 23.0 Å². The average Bonchev–Trinajstić information content (AvgIpc) is 2.61. The van der Waals surface area contributed by atoms with Crippen LogP contribution in [0.5, 0.6) is 0 Å². The molecule has 0 aliphatic rings. The molecule has 1 aromatic rings. The number of Topliss-reactive ketones (excluding diaryl/α,β-unsaturated/α-hetero) is 1. The van der Waals surface area contributed by atoms with Gasteiger partial charge in [0.05, 0.1) is 0 Å². The first-order chi connectivity index (χ1) is 8.19. The molecule has 1 heterocycles. The summed E-state index contributed by atoms with van der Waals surface area (Å²) in [5.41, 5.74) is 0.425. The number of aromatic nitrogens is 1. The van der Waals surface area contributed by atoms with Crippen LogP contribution in [0.25, 0.3) is 0 Å². The number of hydrogen-bond acceptors (Lipinski definition) is 2. The Morgan fingerprint density at radius 2 is 1.94 bits per heavy atom. The summed E-state index contributed by atoms with van der Waals surface area (Å²) in [7, 11) is 0. The van der Waals surface area contributed by atoms with Gasteiger partial charge in [0, 0.05) is 29.4 Å². The summed E-state index contributed by atoms with van der Waals surface area (Å²) in [6.45, 7) is 9.79. The Bertz CT molecular complexity index is 439. The maximum atomic E-state index is 11.8. The molecule has 1 aromatic heterocycles. The minimum atomic E-state index is -0.235. The van der Waals surface area contributed by atoms with E-state index in [4.69, 9.17) is 0 Å². The molecule has 18 heavy (non-hydrogen) atoms. The molecule has 0 spiro atoms. The smallest absolute Gasteiger partial charge is 0.240 e. The van der Waals surface area contributed by atoms with E-state index in [9.17, 15) is 9.59 Å². The number of nitrogens with one attached hydrogen (secondary N) is 1. The van der Waals surface area contributed by atoms with E-state index in [-0.39, 0.29) is 29.7 Å². The van der Waals surface area contributed by atoms with Gasteiger partial charge in [-0.2, -0.15) is 0 Å². The monoisotopic (exact) mass is 250 g/mol. The van der Waals surface area contributed by atoms with E-state index >= 15 is 0 Å². The summed E-state index contributed by atoms with van der Waals surface area (Å²) in [5, 5.41) is 2.88. The highest BCUT2D eigenvalue weighted by Crippen LogP contribution is 2.09. The van der Waals surface area contributed by atoms with Crippen molar-refractivity contribution >= 4 is 11.7 Å². The fourth-order valence-electron chi connectivity index (χ4n) is 1.64. The van der Waals surface area contributed by atoms with Gasteiger partial charge in [-0.25, -0.2) is 0 Å². The van der Waals surface area contributed by atoms with Crippen molar-refractivity contribution < 1.29 is 9.59 Å². The molecule has 100 valence electrons. The van der Waals surface area contributed by atoms with Crippen molar-refractivity contribution in [2.24, 2.45) is 5.92 Å². The Morgan fingerprint density at radius 1 is 1.33 bits per heavy atom. The standard InChI is InChI=1S/C14H22N2O2/c1-10(2)13(18)11-6-7-16(8-11)9-12(17)15-14(3,4)5/h6-8,10H,9H2,1-5H3,(H,15,17). The molecule has 0 bridgehead atoms. The lowest BCUT2D eigenvalue weighted by Crippen LogP contribution is -2.42. The highest BCUT2D eigenvalue weighted by Gasteiger charge is 2.15. The predicted molar refractivity (Wildman–Crippen MR) is 71.5 cm³/mol. The Hall–Kier alpha value is -1.58. The summed E-state index contributed by atoms with van der Waals surface area (Å²) in [6.07, 6.45) is 3.49. The Labute approximate surface area is 108 Å². The zero-order chi connectivity index (χ0) is 13.9. The molecule has 0 radical (unpaired) electrons. The molecule has 0 aromatic carbocycles. The molecule has 1 N–H and O–H groups in total. The quantitative estimate of drug-likeness (QED) is 0.833. The van der Waals surface area contributed by atoms with Crippen LogP contribution in [0.2, 0.25) is 0 Å². The molecular formula is C14H22N2O2. The van der Waals surface area contributed by atoms with E-state index in [0.29, 0.717) is 5.56 Å². The number of ketones is 1. The van der Waals surface area contributed by atoms with Gasteiger partial charge in [-0.05, 0) is 26.8 Å². The first-order valence-corrected chi connectivity index (χ1v) is 6.20. The minimum Gasteiger partial charge on any atom is -0.350 e. The lowest BCUT2D eigenvalue weighted by atomic mass is 10.0. The van der Waals surface area contributed by atoms with Crippen LogP contribution in [0.15, 0.2) is 18.5 Å². The number of rotatable bonds is 4. The van der Waals surface area contributed by atoms with Gasteiger partial charge in [0.2, 0.25) is 5.91 Å². The second-order valence-corrected chi connectivity index (χ2v) is 5.89. The lowest BCUT2D eigenvalue weighted by Gasteiger charge is -2.20. The maximum absolute atomic E-state index is 11.8. The highest BCUT2D eigenvalue weighted by molar-refractivity contribution is 5.97. The molecule has 0 saturated carbocycles. The van der Waals surface area contributed by atoms with Crippen LogP contribution in [-0.2, 0) is 11.3 Å². The summed E-state index contributed by atoms with van der Waals surface area (Å²) >= 11 is 0. The van der Waals surface area contributed by atoms with Gasteiger partial charge >= 0.3 is 0 Å². The average molecular weight is 250 g/mol. The van der Waals surface area contributed by atoms with Gasteiger partial charge in [-0.1, -0.05) is 13.8 Å². The number of nitrogens with zero attached hydrogens (tertiary/aromatic N) is 1.